The topological polar surface area (TPSA) is 6.48 Å². The Hall–Kier alpha value is -1.18. The smallest absolute Gasteiger partial charge is 0.0988 e. The Morgan fingerprint density at radius 2 is 1.33 bits per heavy atom. The van der Waals surface area contributed by atoms with Crippen LogP contribution >= 0.6 is 0 Å². The summed E-state index contributed by atoms with van der Waals surface area (Å²) in [4.78, 5) is 5.13. The molecule has 2 heteroatoms. The average Bonchev–Trinajstić information content (AvgIpc) is 2.66. The molecule has 0 aliphatic carbocycles. The van der Waals surface area contributed by atoms with Crippen LogP contribution in [-0.4, -0.2) is 19.3 Å². The van der Waals surface area contributed by atoms with E-state index in [1.54, 1.807) is 0 Å². The Labute approximate surface area is 112 Å². The SMILES string of the molecule is CCCCN1c2ccccc2N(CCCC)C1C. The van der Waals surface area contributed by atoms with Gasteiger partial charge in [0.1, 0.15) is 0 Å². The summed E-state index contributed by atoms with van der Waals surface area (Å²) in [6.45, 7) is 9.23. The summed E-state index contributed by atoms with van der Waals surface area (Å²) in [6.07, 6.45) is 5.60. The lowest BCUT2D eigenvalue weighted by Crippen LogP contribution is -2.41. The van der Waals surface area contributed by atoms with Crippen LogP contribution in [0.25, 0.3) is 0 Å². The van der Waals surface area contributed by atoms with E-state index in [2.05, 4.69) is 54.8 Å². The molecule has 18 heavy (non-hydrogen) atoms. The van der Waals surface area contributed by atoms with Gasteiger partial charge in [-0.2, -0.15) is 0 Å². The summed E-state index contributed by atoms with van der Waals surface area (Å²) in [7, 11) is 0. The number of nitrogens with zero attached hydrogens (tertiary/aromatic N) is 2. The highest BCUT2D eigenvalue weighted by Crippen LogP contribution is 2.39. The molecule has 0 fully saturated rings. The third kappa shape index (κ3) is 2.47. The predicted octanol–water partition coefficient (Wildman–Crippen LogP) is 4.26. The standard InChI is InChI=1S/C16H26N2/c1-4-6-12-17-14(3)18(13-7-5-2)16-11-9-8-10-15(16)17/h8-11,14H,4-7,12-13H2,1-3H3. The summed E-state index contributed by atoms with van der Waals surface area (Å²) in [5.41, 5.74) is 2.85. The van der Waals surface area contributed by atoms with Gasteiger partial charge in [-0.3, -0.25) is 0 Å². The first-order valence-corrected chi connectivity index (χ1v) is 7.41. The van der Waals surface area contributed by atoms with Gasteiger partial charge >= 0.3 is 0 Å². The molecule has 0 amide bonds. The van der Waals surface area contributed by atoms with E-state index in [-0.39, 0.29) is 0 Å². The fourth-order valence-corrected chi connectivity index (χ4v) is 2.79. The minimum absolute atomic E-state index is 0.514. The number of anilines is 2. The minimum atomic E-state index is 0.514. The van der Waals surface area contributed by atoms with E-state index >= 15 is 0 Å². The van der Waals surface area contributed by atoms with Gasteiger partial charge in [-0.25, -0.2) is 0 Å². The molecule has 0 spiro atoms. The molecule has 2 nitrogen and oxygen atoms in total. The van der Waals surface area contributed by atoms with Crippen molar-refractivity contribution in [3.8, 4) is 0 Å². The van der Waals surface area contributed by atoms with E-state index in [1.165, 1.54) is 50.1 Å². The van der Waals surface area contributed by atoms with Crippen molar-refractivity contribution in [2.75, 3.05) is 22.9 Å². The van der Waals surface area contributed by atoms with Gasteiger partial charge in [-0.15, -0.1) is 0 Å². The molecule has 0 bridgehead atoms. The van der Waals surface area contributed by atoms with Gasteiger partial charge in [0.25, 0.3) is 0 Å². The summed E-state index contributed by atoms with van der Waals surface area (Å²) in [5, 5.41) is 0. The van der Waals surface area contributed by atoms with Gasteiger partial charge in [-0.05, 0) is 31.9 Å². The van der Waals surface area contributed by atoms with Crippen LogP contribution in [0.3, 0.4) is 0 Å². The van der Waals surface area contributed by atoms with Crippen molar-refractivity contribution in [3.63, 3.8) is 0 Å². The molecule has 0 unspecified atom stereocenters. The van der Waals surface area contributed by atoms with E-state index in [9.17, 15) is 0 Å². The number of benzene rings is 1. The molecule has 1 aliphatic rings. The second-order valence-corrected chi connectivity index (χ2v) is 5.21. The maximum absolute atomic E-state index is 2.56. The largest absolute Gasteiger partial charge is 0.350 e. The predicted molar refractivity (Wildman–Crippen MR) is 80.4 cm³/mol. The molecule has 0 saturated carbocycles. The highest BCUT2D eigenvalue weighted by molar-refractivity contribution is 5.77. The number of fused-ring (bicyclic) bond motifs is 1. The van der Waals surface area contributed by atoms with Crippen molar-refractivity contribution >= 4 is 11.4 Å². The molecule has 1 aliphatic heterocycles. The van der Waals surface area contributed by atoms with Gasteiger partial charge in [0.05, 0.1) is 17.5 Å². The monoisotopic (exact) mass is 246 g/mol. The molecule has 1 heterocycles. The zero-order valence-electron chi connectivity index (χ0n) is 12.0. The zero-order valence-corrected chi connectivity index (χ0v) is 12.0. The third-order valence-electron chi connectivity index (χ3n) is 3.91. The summed E-state index contributed by atoms with van der Waals surface area (Å²) in [6, 6.07) is 8.86. The highest BCUT2D eigenvalue weighted by Gasteiger charge is 2.31. The maximum Gasteiger partial charge on any atom is 0.0988 e. The quantitative estimate of drug-likeness (QED) is 0.740. The Bertz CT molecular complexity index is 340. The molecular weight excluding hydrogens is 220 g/mol. The lowest BCUT2D eigenvalue weighted by atomic mass is 10.2. The van der Waals surface area contributed by atoms with E-state index in [0.717, 1.165) is 0 Å². The summed E-state index contributed by atoms with van der Waals surface area (Å²) in [5.74, 6) is 0. The summed E-state index contributed by atoms with van der Waals surface area (Å²) >= 11 is 0. The maximum atomic E-state index is 2.56. The van der Waals surface area contributed by atoms with Gasteiger partial charge in [0.2, 0.25) is 0 Å². The van der Waals surface area contributed by atoms with Gasteiger partial charge < -0.3 is 9.80 Å². The number of hydrogen-bond acceptors (Lipinski definition) is 2. The van der Waals surface area contributed by atoms with Crippen LogP contribution in [0.5, 0.6) is 0 Å². The number of rotatable bonds is 6. The molecular formula is C16H26N2. The van der Waals surface area contributed by atoms with Crippen molar-refractivity contribution in [3.05, 3.63) is 24.3 Å². The Morgan fingerprint density at radius 1 is 0.889 bits per heavy atom. The summed E-state index contributed by atoms with van der Waals surface area (Å²) < 4.78 is 0. The Balaban J connectivity index is 2.19. The normalized spacial score (nSPS) is 15.3. The molecule has 0 radical (unpaired) electrons. The molecule has 0 atom stereocenters. The van der Waals surface area contributed by atoms with Crippen molar-refractivity contribution in [1.29, 1.82) is 0 Å². The average molecular weight is 246 g/mol. The first kappa shape index (κ1) is 13.3. The fourth-order valence-electron chi connectivity index (χ4n) is 2.79. The van der Waals surface area contributed by atoms with E-state index in [1.807, 2.05) is 0 Å². The molecule has 1 aromatic rings. The van der Waals surface area contributed by atoms with Crippen molar-refractivity contribution < 1.29 is 0 Å². The van der Waals surface area contributed by atoms with Crippen LogP contribution in [0.1, 0.15) is 46.5 Å². The second-order valence-electron chi connectivity index (χ2n) is 5.21. The highest BCUT2D eigenvalue weighted by atomic mass is 15.4. The third-order valence-corrected chi connectivity index (χ3v) is 3.91. The lowest BCUT2D eigenvalue weighted by molar-refractivity contribution is 0.588. The van der Waals surface area contributed by atoms with E-state index in [4.69, 9.17) is 0 Å². The van der Waals surface area contributed by atoms with Crippen molar-refractivity contribution in [1.82, 2.24) is 0 Å². The van der Waals surface area contributed by atoms with Crippen LogP contribution in [0.2, 0.25) is 0 Å². The zero-order chi connectivity index (χ0) is 13.0. The number of unbranched alkanes of at least 4 members (excludes halogenated alkanes) is 2. The van der Waals surface area contributed by atoms with Gasteiger partial charge in [-0.1, -0.05) is 38.8 Å². The molecule has 1 aromatic carbocycles. The van der Waals surface area contributed by atoms with Crippen molar-refractivity contribution in [2.45, 2.75) is 52.6 Å². The van der Waals surface area contributed by atoms with Crippen LogP contribution in [0.15, 0.2) is 24.3 Å². The second kappa shape index (κ2) is 6.12. The van der Waals surface area contributed by atoms with Crippen LogP contribution < -0.4 is 9.80 Å². The van der Waals surface area contributed by atoms with Crippen LogP contribution in [0.4, 0.5) is 11.4 Å². The fraction of sp³-hybridized carbons (Fsp3) is 0.625. The number of para-hydroxylation sites is 2. The first-order valence-electron chi connectivity index (χ1n) is 7.41. The first-order chi connectivity index (χ1) is 8.79. The molecule has 0 aromatic heterocycles. The van der Waals surface area contributed by atoms with Gasteiger partial charge in [0.15, 0.2) is 0 Å². The molecule has 100 valence electrons. The van der Waals surface area contributed by atoms with Crippen LogP contribution in [0, 0.1) is 0 Å². The lowest BCUT2D eigenvalue weighted by Gasteiger charge is -2.30. The molecule has 0 saturated heterocycles. The van der Waals surface area contributed by atoms with Crippen LogP contribution in [-0.2, 0) is 0 Å². The molecule has 0 N–H and O–H groups in total. The van der Waals surface area contributed by atoms with Gasteiger partial charge in [0, 0.05) is 13.1 Å². The Kier molecular flexibility index (Phi) is 4.51. The Morgan fingerprint density at radius 3 is 1.72 bits per heavy atom. The number of hydrogen-bond donors (Lipinski definition) is 0. The van der Waals surface area contributed by atoms with E-state index < -0.39 is 0 Å². The molecule has 2 rings (SSSR count). The minimum Gasteiger partial charge on any atom is -0.350 e. The van der Waals surface area contributed by atoms with E-state index in [0.29, 0.717) is 6.17 Å². The van der Waals surface area contributed by atoms with Crippen molar-refractivity contribution in [2.24, 2.45) is 0 Å².